The molecule has 8 nitrogen and oxygen atoms in total. The van der Waals surface area contributed by atoms with Crippen molar-refractivity contribution in [2.45, 2.75) is 0 Å². The third-order valence-electron chi connectivity index (χ3n) is 4.68. The molecule has 3 aromatic rings. The number of hydrogen-bond donors (Lipinski definition) is 6. The largest absolute Gasteiger partial charge is 0.507 e. The van der Waals surface area contributed by atoms with Crippen molar-refractivity contribution < 1.29 is 40.1 Å². The molecule has 0 aliphatic carbocycles. The molecule has 0 fully saturated rings. The highest BCUT2D eigenvalue weighted by Gasteiger charge is 2.10. The Labute approximate surface area is 183 Å². The molecule has 0 atom stereocenters. The van der Waals surface area contributed by atoms with E-state index >= 15 is 0 Å². The first-order valence-electron chi connectivity index (χ1n) is 9.35. The van der Waals surface area contributed by atoms with Gasteiger partial charge in [-0.1, -0.05) is 24.3 Å². The van der Waals surface area contributed by atoms with E-state index in [1.807, 2.05) is 0 Å². The van der Waals surface area contributed by atoms with Gasteiger partial charge >= 0.3 is 0 Å². The van der Waals surface area contributed by atoms with E-state index in [9.17, 15) is 30.6 Å². The number of benzene rings is 3. The lowest BCUT2D eigenvalue weighted by Crippen LogP contribution is -1.86. The lowest BCUT2D eigenvalue weighted by atomic mass is 10.0. The molecule has 3 rings (SSSR count). The summed E-state index contributed by atoms with van der Waals surface area (Å²) in [6, 6.07) is 8.40. The van der Waals surface area contributed by atoms with Crippen LogP contribution in [-0.2, 0) is 0 Å². The number of methoxy groups -OCH3 is 2. The molecule has 0 aromatic heterocycles. The van der Waals surface area contributed by atoms with Gasteiger partial charge in [0.2, 0.25) is 11.5 Å². The second kappa shape index (κ2) is 9.13. The minimum atomic E-state index is -0.374. The van der Waals surface area contributed by atoms with Crippen LogP contribution < -0.4 is 9.47 Å². The molecule has 0 saturated heterocycles. The second-order valence-corrected chi connectivity index (χ2v) is 6.82. The SMILES string of the molecule is COc1cc(/C=C/c2cc(/C=C/c3cc(O)c(O)c(OC)c3)c(O)cc2O)cc(O)c1O. The molecule has 32 heavy (non-hydrogen) atoms. The number of phenolic OH excluding ortho intramolecular Hbond substituents is 6. The zero-order valence-corrected chi connectivity index (χ0v) is 17.3. The molecule has 0 bridgehead atoms. The number of aromatic hydroxyl groups is 6. The Bertz CT molecular complexity index is 1120. The lowest BCUT2D eigenvalue weighted by Gasteiger charge is -2.08. The number of hydrogen-bond acceptors (Lipinski definition) is 8. The molecule has 0 aliphatic heterocycles. The molecule has 0 heterocycles. The average Bonchev–Trinajstić information content (AvgIpc) is 2.76. The first-order chi connectivity index (χ1) is 15.2. The molecule has 6 N–H and O–H groups in total. The van der Waals surface area contributed by atoms with Crippen LogP contribution in [0, 0.1) is 0 Å². The van der Waals surface area contributed by atoms with E-state index in [2.05, 4.69) is 0 Å². The van der Waals surface area contributed by atoms with Gasteiger partial charge in [0.1, 0.15) is 11.5 Å². The van der Waals surface area contributed by atoms with Gasteiger partial charge in [-0.15, -0.1) is 0 Å². The monoisotopic (exact) mass is 438 g/mol. The molecule has 0 amide bonds. The quantitative estimate of drug-likeness (QED) is 0.248. The maximum atomic E-state index is 10.2. The van der Waals surface area contributed by atoms with Crippen LogP contribution in [0.5, 0.6) is 46.0 Å². The van der Waals surface area contributed by atoms with Crippen molar-refractivity contribution in [3.05, 3.63) is 58.7 Å². The van der Waals surface area contributed by atoms with Crippen molar-refractivity contribution in [3.8, 4) is 46.0 Å². The van der Waals surface area contributed by atoms with E-state index in [1.54, 1.807) is 24.3 Å². The van der Waals surface area contributed by atoms with Crippen molar-refractivity contribution in [2.24, 2.45) is 0 Å². The van der Waals surface area contributed by atoms with Gasteiger partial charge in [0, 0.05) is 17.2 Å². The molecule has 0 spiro atoms. The van der Waals surface area contributed by atoms with E-state index in [0.29, 0.717) is 22.3 Å². The van der Waals surface area contributed by atoms with Gasteiger partial charge in [-0.3, -0.25) is 0 Å². The fourth-order valence-corrected chi connectivity index (χ4v) is 2.98. The van der Waals surface area contributed by atoms with Crippen LogP contribution in [0.3, 0.4) is 0 Å². The Morgan fingerprint density at radius 1 is 0.500 bits per heavy atom. The Kier molecular flexibility index (Phi) is 6.34. The van der Waals surface area contributed by atoms with Gasteiger partial charge in [0.15, 0.2) is 23.0 Å². The van der Waals surface area contributed by atoms with E-state index in [-0.39, 0.29) is 46.0 Å². The highest BCUT2D eigenvalue weighted by Crippen LogP contribution is 2.38. The third-order valence-corrected chi connectivity index (χ3v) is 4.68. The van der Waals surface area contributed by atoms with Crippen molar-refractivity contribution in [2.75, 3.05) is 14.2 Å². The van der Waals surface area contributed by atoms with E-state index < -0.39 is 0 Å². The molecule has 0 radical (unpaired) electrons. The van der Waals surface area contributed by atoms with Crippen molar-refractivity contribution in [1.29, 1.82) is 0 Å². The van der Waals surface area contributed by atoms with Crippen LogP contribution in [0.25, 0.3) is 24.3 Å². The number of phenols is 6. The summed E-state index contributed by atoms with van der Waals surface area (Å²) in [6.07, 6.45) is 6.30. The summed E-state index contributed by atoms with van der Waals surface area (Å²) in [6.45, 7) is 0. The van der Waals surface area contributed by atoms with Crippen molar-refractivity contribution in [1.82, 2.24) is 0 Å². The van der Waals surface area contributed by atoms with Crippen LogP contribution in [0.2, 0.25) is 0 Å². The van der Waals surface area contributed by atoms with Gasteiger partial charge < -0.3 is 40.1 Å². The number of ether oxygens (including phenoxy) is 2. The zero-order chi connectivity index (χ0) is 23.4. The van der Waals surface area contributed by atoms with Crippen LogP contribution in [0.1, 0.15) is 22.3 Å². The highest BCUT2D eigenvalue weighted by molar-refractivity contribution is 5.80. The molecule has 8 heteroatoms. The molecular formula is C24H22O8. The van der Waals surface area contributed by atoms with Crippen molar-refractivity contribution >= 4 is 24.3 Å². The fraction of sp³-hybridized carbons (Fsp3) is 0.0833. The Balaban J connectivity index is 1.93. The molecule has 166 valence electrons. The molecule has 3 aromatic carbocycles. The summed E-state index contributed by atoms with van der Waals surface area (Å²) in [7, 11) is 2.71. The van der Waals surface area contributed by atoms with Crippen LogP contribution >= 0.6 is 0 Å². The predicted molar refractivity (Wildman–Crippen MR) is 120 cm³/mol. The minimum absolute atomic E-state index is 0.0933. The molecule has 0 unspecified atom stereocenters. The fourth-order valence-electron chi connectivity index (χ4n) is 2.98. The van der Waals surface area contributed by atoms with E-state index in [1.165, 1.54) is 50.6 Å². The number of rotatable bonds is 6. The first-order valence-corrected chi connectivity index (χ1v) is 9.35. The zero-order valence-electron chi connectivity index (χ0n) is 17.3. The van der Waals surface area contributed by atoms with Crippen LogP contribution in [0.15, 0.2) is 36.4 Å². The van der Waals surface area contributed by atoms with Crippen LogP contribution in [0.4, 0.5) is 0 Å². The van der Waals surface area contributed by atoms with Gasteiger partial charge in [-0.05, 0) is 41.5 Å². The minimum Gasteiger partial charge on any atom is -0.507 e. The maximum Gasteiger partial charge on any atom is 0.200 e. The summed E-state index contributed by atoms with van der Waals surface area (Å²) < 4.78 is 10.0. The van der Waals surface area contributed by atoms with E-state index in [0.717, 1.165) is 0 Å². The van der Waals surface area contributed by atoms with Gasteiger partial charge in [-0.25, -0.2) is 0 Å². The Morgan fingerprint density at radius 2 is 0.906 bits per heavy atom. The predicted octanol–water partition coefficient (Wildman–Crippen LogP) is 4.28. The Morgan fingerprint density at radius 3 is 1.28 bits per heavy atom. The second-order valence-electron chi connectivity index (χ2n) is 6.82. The lowest BCUT2D eigenvalue weighted by molar-refractivity contribution is 0.351. The normalized spacial score (nSPS) is 11.3. The summed E-state index contributed by atoms with van der Waals surface area (Å²) >= 11 is 0. The molecular weight excluding hydrogens is 416 g/mol. The first kappa shape index (κ1) is 22.2. The topological polar surface area (TPSA) is 140 Å². The summed E-state index contributed by atoms with van der Waals surface area (Å²) in [5.41, 5.74) is 1.77. The Hall–Kier alpha value is -4.46. The molecule has 0 saturated carbocycles. The maximum absolute atomic E-state index is 10.2. The van der Waals surface area contributed by atoms with Gasteiger partial charge in [0.25, 0.3) is 0 Å². The van der Waals surface area contributed by atoms with Crippen molar-refractivity contribution in [3.63, 3.8) is 0 Å². The van der Waals surface area contributed by atoms with E-state index in [4.69, 9.17) is 9.47 Å². The van der Waals surface area contributed by atoms with Gasteiger partial charge in [0.05, 0.1) is 14.2 Å². The smallest absolute Gasteiger partial charge is 0.200 e. The van der Waals surface area contributed by atoms with Crippen LogP contribution in [-0.4, -0.2) is 44.9 Å². The summed E-state index contributed by atoms with van der Waals surface area (Å²) in [4.78, 5) is 0. The summed E-state index contributed by atoms with van der Waals surface area (Å²) in [5, 5.41) is 59.4. The average molecular weight is 438 g/mol. The summed E-state index contributed by atoms with van der Waals surface area (Å²) in [5.74, 6) is -1.61. The van der Waals surface area contributed by atoms with Gasteiger partial charge in [-0.2, -0.15) is 0 Å². The molecule has 0 aliphatic rings. The third kappa shape index (κ3) is 4.65. The highest BCUT2D eigenvalue weighted by atomic mass is 16.5. The standard InChI is InChI=1S/C24H22O8/c1-31-21-9-13(7-19(27)23(21)29)3-5-15-11-16(18(26)12-17(15)25)6-4-14-8-20(28)24(30)22(10-14)32-2/h3-12,25-30H,1-2H3/b5-3+,6-4+.